The summed E-state index contributed by atoms with van der Waals surface area (Å²) in [5.41, 5.74) is 1.71. The number of aliphatic hydroxyl groups excluding tert-OH is 1. The second-order valence-corrected chi connectivity index (χ2v) is 5.85. The Labute approximate surface area is 129 Å². The first-order valence-electron chi connectivity index (χ1n) is 7.16. The summed E-state index contributed by atoms with van der Waals surface area (Å²) in [4.78, 5) is 4.28. The molecule has 0 saturated heterocycles. The van der Waals surface area contributed by atoms with E-state index in [1.54, 1.807) is 0 Å². The van der Waals surface area contributed by atoms with Crippen LogP contribution in [0.25, 0.3) is 5.65 Å². The molecule has 1 unspecified atom stereocenters. The summed E-state index contributed by atoms with van der Waals surface area (Å²) >= 11 is 6.14. The Balaban J connectivity index is 1.81. The molecule has 2 aromatic rings. The lowest BCUT2D eigenvalue weighted by molar-refractivity contribution is 0.0260. The summed E-state index contributed by atoms with van der Waals surface area (Å²) in [5.74, 6) is 0.474. The zero-order valence-electron chi connectivity index (χ0n) is 12.4. The van der Waals surface area contributed by atoms with Gasteiger partial charge in [-0.3, -0.25) is 0 Å². The smallest absolute Gasteiger partial charge is 0.152 e. The van der Waals surface area contributed by atoms with Gasteiger partial charge in [0.1, 0.15) is 5.65 Å². The maximum Gasteiger partial charge on any atom is 0.152 e. The average molecular weight is 312 g/mol. The number of imidazole rings is 1. The molecule has 2 N–H and O–H groups in total. The lowest BCUT2D eigenvalue weighted by Crippen LogP contribution is -2.30. The fraction of sp³-hybridized carbons (Fsp3) is 0.533. The normalized spacial score (nSPS) is 13.2. The van der Waals surface area contributed by atoms with Crippen molar-refractivity contribution in [3.8, 4) is 0 Å². The van der Waals surface area contributed by atoms with Crippen molar-refractivity contribution >= 4 is 17.2 Å². The van der Waals surface area contributed by atoms with Crippen LogP contribution in [0.15, 0.2) is 24.4 Å². The number of hydrogen-bond acceptors (Lipinski definition) is 4. The van der Waals surface area contributed by atoms with Crippen LogP contribution in [0.2, 0.25) is 5.15 Å². The highest BCUT2D eigenvalue weighted by atomic mass is 35.5. The molecule has 0 fully saturated rings. The maximum atomic E-state index is 9.83. The zero-order chi connectivity index (χ0) is 15.2. The first-order valence-corrected chi connectivity index (χ1v) is 7.53. The fourth-order valence-corrected chi connectivity index (χ4v) is 2.28. The highest BCUT2D eigenvalue weighted by molar-refractivity contribution is 6.30. The molecule has 1 atom stereocenters. The molecule has 0 amide bonds. The zero-order valence-corrected chi connectivity index (χ0v) is 13.2. The number of nitrogens with zero attached hydrogens (tertiary/aromatic N) is 2. The number of halogens is 1. The number of fused-ring (bicyclic) bond motifs is 1. The van der Waals surface area contributed by atoms with Crippen molar-refractivity contribution in [2.75, 3.05) is 19.8 Å². The molecular weight excluding hydrogens is 290 g/mol. The summed E-state index contributed by atoms with van der Waals surface area (Å²) in [6.45, 7) is 6.16. The van der Waals surface area contributed by atoms with E-state index in [4.69, 9.17) is 16.3 Å². The molecule has 2 rings (SSSR count). The van der Waals surface area contributed by atoms with Crippen molar-refractivity contribution in [2.45, 2.75) is 26.5 Å². The summed E-state index contributed by atoms with van der Waals surface area (Å²) in [6.07, 6.45) is 1.40. The Morgan fingerprint density at radius 2 is 2.19 bits per heavy atom. The largest absolute Gasteiger partial charge is 0.389 e. The molecule has 116 valence electrons. The van der Waals surface area contributed by atoms with Crippen molar-refractivity contribution < 1.29 is 9.84 Å². The minimum Gasteiger partial charge on any atom is -0.389 e. The first kappa shape index (κ1) is 16.2. The van der Waals surface area contributed by atoms with Gasteiger partial charge >= 0.3 is 0 Å². The molecule has 2 heterocycles. The monoisotopic (exact) mass is 311 g/mol. The molecule has 0 aliphatic rings. The molecule has 5 nitrogen and oxygen atoms in total. The quantitative estimate of drug-likeness (QED) is 0.784. The summed E-state index contributed by atoms with van der Waals surface area (Å²) < 4.78 is 7.35. The van der Waals surface area contributed by atoms with Crippen LogP contribution in [0.3, 0.4) is 0 Å². The third-order valence-corrected chi connectivity index (χ3v) is 3.32. The number of ether oxygens (including phenoxy) is 1. The van der Waals surface area contributed by atoms with Crippen molar-refractivity contribution in [3.05, 3.63) is 35.2 Å². The minimum absolute atomic E-state index is 0.339. The summed E-state index contributed by atoms with van der Waals surface area (Å²) in [6, 6.07) is 5.76. The van der Waals surface area contributed by atoms with Crippen molar-refractivity contribution in [1.29, 1.82) is 0 Å². The van der Waals surface area contributed by atoms with E-state index in [1.807, 2.05) is 28.8 Å². The van der Waals surface area contributed by atoms with E-state index in [2.05, 4.69) is 24.1 Å². The van der Waals surface area contributed by atoms with Crippen LogP contribution in [0, 0.1) is 5.92 Å². The Morgan fingerprint density at radius 3 is 2.95 bits per heavy atom. The topological polar surface area (TPSA) is 58.8 Å². The van der Waals surface area contributed by atoms with E-state index in [9.17, 15) is 5.11 Å². The Morgan fingerprint density at radius 1 is 1.38 bits per heavy atom. The Kier molecular flexibility index (Phi) is 5.99. The number of rotatable bonds is 8. The third kappa shape index (κ3) is 4.68. The van der Waals surface area contributed by atoms with E-state index >= 15 is 0 Å². The van der Waals surface area contributed by atoms with Gasteiger partial charge in [-0.25, -0.2) is 4.98 Å². The van der Waals surface area contributed by atoms with Gasteiger partial charge in [0.25, 0.3) is 0 Å². The molecule has 21 heavy (non-hydrogen) atoms. The molecule has 0 aliphatic heterocycles. The summed E-state index contributed by atoms with van der Waals surface area (Å²) in [5, 5.41) is 13.5. The average Bonchev–Trinajstić information content (AvgIpc) is 2.75. The predicted octanol–water partition coefficient (Wildman–Crippen LogP) is 2.11. The molecular formula is C15H22ClN3O2. The molecule has 2 aromatic heterocycles. The van der Waals surface area contributed by atoms with Gasteiger partial charge in [-0.05, 0) is 18.1 Å². The van der Waals surface area contributed by atoms with Gasteiger partial charge < -0.3 is 19.6 Å². The third-order valence-electron chi connectivity index (χ3n) is 3.01. The molecule has 0 aromatic carbocycles. The Bertz CT molecular complexity index is 571. The van der Waals surface area contributed by atoms with Gasteiger partial charge in [0.05, 0.1) is 18.4 Å². The van der Waals surface area contributed by atoms with E-state index in [0.29, 0.717) is 37.4 Å². The van der Waals surface area contributed by atoms with Crippen LogP contribution in [-0.4, -0.2) is 40.4 Å². The lowest BCUT2D eigenvalue weighted by Gasteiger charge is -2.13. The van der Waals surface area contributed by atoms with Crippen molar-refractivity contribution in [3.63, 3.8) is 0 Å². The highest BCUT2D eigenvalue weighted by Crippen LogP contribution is 2.17. The second kappa shape index (κ2) is 7.75. The van der Waals surface area contributed by atoms with Crippen LogP contribution in [0.1, 0.15) is 19.5 Å². The van der Waals surface area contributed by atoms with Crippen LogP contribution in [-0.2, 0) is 11.3 Å². The molecule has 6 heteroatoms. The molecule has 0 saturated carbocycles. The Hall–Kier alpha value is -1.14. The number of aromatic nitrogens is 2. The SMILES string of the molecule is CC(C)COCC(O)CNCc1c(Cl)nc2ccccn12. The maximum absolute atomic E-state index is 9.83. The van der Waals surface area contributed by atoms with E-state index in [-0.39, 0.29) is 0 Å². The molecule has 0 spiro atoms. The number of pyridine rings is 1. The van der Waals surface area contributed by atoms with E-state index < -0.39 is 6.10 Å². The van der Waals surface area contributed by atoms with Crippen molar-refractivity contribution in [2.24, 2.45) is 5.92 Å². The first-order chi connectivity index (χ1) is 10.1. The van der Waals surface area contributed by atoms with Gasteiger partial charge in [-0.15, -0.1) is 0 Å². The summed E-state index contributed by atoms with van der Waals surface area (Å²) in [7, 11) is 0. The van der Waals surface area contributed by atoms with Gasteiger partial charge in [0.2, 0.25) is 0 Å². The van der Waals surface area contributed by atoms with E-state index in [1.165, 1.54) is 0 Å². The van der Waals surface area contributed by atoms with Gasteiger partial charge in [-0.2, -0.15) is 0 Å². The standard InChI is InChI=1S/C15H22ClN3O2/c1-11(2)9-21-10-12(20)7-17-8-13-15(16)18-14-5-3-4-6-19(13)14/h3-6,11-12,17,20H,7-10H2,1-2H3. The van der Waals surface area contributed by atoms with Gasteiger partial charge in [0, 0.05) is 25.9 Å². The molecule has 0 aliphatic carbocycles. The molecule has 0 radical (unpaired) electrons. The fourth-order valence-electron chi connectivity index (χ4n) is 2.03. The predicted molar refractivity (Wildman–Crippen MR) is 83.6 cm³/mol. The molecule has 0 bridgehead atoms. The second-order valence-electron chi connectivity index (χ2n) is 5.49. The van der Waals surface area contributed by atoms with Gasteiger partial charge in [0.15, 0.2) is 5.15 Å². The lowest BCUT2D eigenvalue weighted by atomic mass is 10.2. The van der Waals surface area contributed by atoms with E-state index in [0.717, 1.165) is 11.3 Å². The minimum atomic E-state index is -0.526. The van der Waals surface area contributed by atoms with Crippen LogP contribution in [0.4, 0.5) is 0 Å². The van der Waals surface area contributed by atoms with Crippen molar-refractivity contribution in [1.82, 2.24) is 14.7 Å². The van der Waals surface area contributed by atoms with Crippen LogP contribution >= 0.6 is 11.6 Å². The number of hydrogen-bond donors (Lipinski definition) is 2. The number of aliphatic hydroxyl groups is 1. The van der Waals surface area contributed by atoms with Gasteiger partial charge in [-0.1, -0.05) is 31.5 Å². The van der Waals surface area contributed by atoms with Crippen LogP contribution in [0.5, 0.6) is 0 Å². The highest BCUT2D eigenvalue weighted by Gasteiger charge is 2.10. The number of nitrogens with one attached hydrogen (secondary N) is 1. The van der Waals surface area contributed by atoms with Crippen LogP contribution < -0.4 is 5.32 Å².